The van der Waals surface area contributed by atoms with Crippen LogP contribution in [0.5, 0.6) is 0 Å². The van der Waals surface area contributed by atoms with Crippen LogP contribution in [0.3, 0.4) is 0 Å². The molecule has 162 valence electrons. The highest BCUT2D eigenvalue weighted by atomic mass is 16.4. The highest BCUT2D eigenvalue weighted by molar-refractivity contribution is 5.70. The number of hydrogen-bond donors (Lipinski definition) is 3. The number of allylic oxidation sites excluding steroid dienone is 3. The predicted molar refractivity (Wildman–Crippen MR) is 115 cm³/mol. The molecule has 0 spiro atoms. The molecular weight excluding hydrogens is 364 g/mol. The quantitative estimate of drug-likeness (QED) is 0.576. The summed E-state index contributed by atoms with van der Waals surface area (Å²) in [5.41, 5.74) is 2.20. The van der Waals surface area contributed by atoms with Gasteiger partial charge in [0.15, 0.2) is 0 Å². The van der Waals surface area contributed by atoms with E-state index in [4.69, 9.17) is 0 Å². The highest BCUT2D eigenvalue weighted by Crippen LogP contribution is 2.55. The SMILES string of the molecule is C=C1CC=C2[C@@H](CC[C@@]2(C)O)C(C)=CC[C@@H]2[C@H]([C@H](C)C(=O)O)CC[C@@]2(C)C[C@H]1O. The lowest BCUT2D eigenvalue weighted by atomic mass is 9.68. The monoisotopic (exact) mass is 402 g/mol. The molecular formula is C25H38O4. The Morgan fingerprint density at radius 2 is 1.93 bits per heavy atom. The molecule has 0 aromatic heterocycles. The molecule has 0 amide bonds. The summed E-state index contributed by atoms with van der Waals surface area (Å²) in [5, 5.41) is 31.4. The van der Waals surface area contributed by atoms with Gasteiger partial charge in [0.05, 0.1) is 17.6 Å². The van der Waals surface area contributed by atoms with Crippen molar-refractivity contribution in [1.82, 2.24) is 0 Å². The topological polar surface area (TPSA) is 77.8 Å². The van der Waals surface area contributed by atoms with Crippen molar-refractivity contribution in [2.45, 2.75) is 84.3 Å². The molecule has 0 aliphatic heterocycles. The zero-order valence-corrected chi connectivity index (χ0v) is 18.4. The Morgan fingerprint density at radius 1 is 1.24 bits per heavy atom. The number of hydrogen-bond acceptors (Lipinski definition) is 3. The van der Waals surface area contributed by atoms with Gasteiger partial charge in [0.1, 0.15) is 0 Å². The first-order chi connectivity index (χ1) is 13.5. The van der Waals surface area contributed by atoms with Gasteiger partial charge in [0.25, 0.3) is 0 Å². The van der Waals surface area contributed by atoms with Crippen molar-refractivity contribution in [2.75, 3.05) is 0 Å². The normalized spacial score (nSPS) is 42.1. The van der Waals surface area contributed by atoms with Crippen LogP contribution in [0.1, 0.15) is 72.6 Å². The van der Waals surface area contributed by atoms with Gasteiger partial charge in [-0.2, -0.15) is 0 Å². The van der Waals surface area contributed by atoms with Crippen molar-refractivity contribution in [3.63, 3.8) is 0 Å². The van der Waals surface area contributed by atoms with Gasteiger partial charge in [-0.1, -0.05) is 38.2 Å². The van der Waals surface area contributed by atoms with Crippen LogP contribution in [0.4, 0.5) is 0 Å². The van der Waals surface area contributed by atoms with Crippen LogP contribution in [0.2, 0.25) is 0 Å². The second-order valence-electron chi connectivity index (χ2n) is 10.4. The number of rotatable bonds is 2. The number of fused-ring (bicyclic) bond motifs is 2. The van der Waals surface area contributed by atoms with Gasteiger partial charge < -0.3 is 15.3 Å². The molecule has 4 heteroatoms. The van der Waals surface area contributed by atoms with Crippen molar-refractivity contribution in [2.24, 2.45) is 29.1 Å². The van der Waals surface area contributed by atoms with Gasteiger partial charge in [-0.05, 0) is 87.2 Å². The van der Waals surface area contributed by atoms with E-state index in [9.17, 15) is 20.1 Å². The summed E-state index contributed by atoms with van der Waals surface area (Å²) < 4.78 is 0. The molecule has 0 aromatic carbocycles. The summed E-state index contributed by atoms with van der Waals surface area (Å²) in [6.07, 6.45) is 9.30. The third-order valence-corrected chi connectivity index (χ3v) is 8.37. The van der Waals surface area contributed by atoms with Crippen LogP contribution in [-0.4, -0.2) is 33.0 Å². The predicted octanol–water partition coefficient (Wildman–Crippen LogP) is 4.87. The fourth-order valence-corrected chi connectivity index (χ4v) is 6.25. The Labute approximate surface area is 175 Å². The molecule has 3 aliphatic carbocycles. The van der Waals surface area contributed by atoms with Crippen LogP contribution in [0.15, 0.2) is 35.5 Å². The molecule has 3 aliphatic rings. The minimum Gasteiger partial charge on any atom is -0.481 e. The van der Waals surface area contributed by atoms with E-state index in [1.807, 2.05) is 13.8 Å². The van der Waals surface area contributed by atoms with E-state index < -0.39 is 17.7 Å². The van der Waals surface area contributed by atoms with Gasteiger partial charge in [-0.3, -0.25) is 4.79 Å². The average Bonchev–Trinajstić information content (AvgIpc) is 3.12. The summed E-state index contributed by atoms with van der Waals surface area (Å²) in [6.45, 7) is 12.2. The molecule has 0 bridgehead atoms. The summed E-state index contributed by atoms with van der Waals surface area (Å²) in [6, 6.07) is 0. The lowest BCUT2D eigenvalue weighted by Gasteiger charge is -2.37. The van der Waals surface area contributed by atoms with Crippen LogP contribution in [0, 0.1) is 29.1 Å². The van der Waals surface area contributed by atoms with Crippen molar-refractivity contribution in [3.05, 3.63) is 35.5 Å². The molecule has 0 heterocycles. The third kappa shape index (κ3) is 4.25. The Bertz CT molecular complexity index is 731. The number of aliphatic hydroxyl groups is 2. The van der Waals surface area contributed by atoms with Crippen molar-refractivity contribution in [1.29, 1.82) is 0 Å². The third-order valence-electron chi connectivity index (χ3n) is 8.37. The Morgan fingerprint density at radius 3 is 2.59 bits per heavy atom. The Balaban J connectivity index is 1.99. The molecule has 0 aromatic rings. The van der Waals surface area contributed by atoms with Crippen LogP contribution >= 0.6 is 0 Å². The van der Waals surface area contributed by atoms with E-state index >= 15 is 0 Å². The van der Waals surface area contributed by atoms with E-state index in [2.05, 4.69) is 32.6 Å². The van der Waals surface area contributed by atoms with Crippen LogP contribution in [0.25, 0.3) is 0 Å². The first-order valence-corrected chi connectivity index (χ1v) is 11.1. The lowest BCUT2D eigenvalue weighted by Crippen LogP contribution is -2.34. The zero-order chi connectivity index (χ0) is 21.6. The second kappa shape index (κ2) is 8.03. The molecule has 7 atom stereocenters. The maximum Gasteiger partial charge on any atom is 0.306 e. The maximum atomic E-state index is 11.7. The number of carbonyl (C=O) groups is 1. The summed E-state index contributed by atoms with van der Waals surface area (Å²) in [7, 11) is 0. The maximum absolute atomic E-state index is 11.7. The summed E-state index contributed by atoms with van der Waals surface area (Å²) in [5.74, 6) is -0.552. The first kappa shape index (κ1) is 22.3. The Hall–Kier alpha value is -1.39. The number of aliphatic hydroxyl groups excluding tert-OH is 1. The van der Waals surface area contributed by atoms with E-state index in [1.165, 1.54) is 5.57 Å². The average molecular weight is 403 g/mol. The molecule has 29 heavy (non-hydrogen) atoms. The molecule has 3 rings (SSSR count). The van der Waals surface area contributed by atoms with Gasteiger partial charge in [-0.15, -0.1) is 0 Å². The van der Waals surface area contributed by atoms with E-state index in [1.54, 1.807) is 0 Å². The van der Waals surface area contributed by atoms with Crippen molar-refractivity contribution < 1.29 is 20.1 Å². The van der Waals surface area contributed by atoms with E-state index in [0.717, 1.165) is 43.3 Å². The minimum atomic E-state index is -0.808. The Kier molecular flexibility index (Phi) is 6.18. The highest BCUT2D eigenvalue weighted by Gasteiger charge is 2.48. The fourth-order valence-electron chi connectivity index (χ4n) is 6.25. The van der Waals surface area contributed by atoms with Gasteiger partial charge in [0.2, 0.25) is 0 Å². The van der Waals surface area contributed by atoms with Gasteiger partial charge in [-0.25, -0.2) is 0 Å². The first-order valence-electron chi connectivity index (χ1n) is 11.1. The van der Waals surface area contributed by atoms with Crippen LogP contribution < -0.4 is 0 Å². The van der Waals surface area contributed by atoms with Gasteiger partial charge in [0, 0.05) is 5.92 Å². The zero-order valence-electron chi connectivity index (χ0n) is 18.4. The number of carboxylic acids is 1. The van der Waals surface area contributed by atoms with Crippen LogP contribution in [-0.2, 0) is 4.79 Å². The molecule has 0 unspecified atom stereocenters. The standard InChI is InChI=1S/C25H38O4/c1-15-6-8-20-19(17(3)23(27)28)10-12-24(20,4)14-22(26)16(2)7-9-21-18(15)11-13-25(21,5)29/h6,9,17-20,22,26,29H,2,7-8,10-14H2,1,3-5H3,(H,27,28)/t17-,18-,19-,20+,22+,24-,25+/m0/s1. The minimum absolute atomic E-state index is 0.0968. The molecule has 2 fully saturated rings. The fraction of sp³-hybridized carbons (Fsp3) is 0.720. The summed E-state index contributed by atoms with van der Waals surface area (Å²) >= 11 is 0. The molecule has 0 radical (unpaired) electrons. The number of aliphatic carboxylic acids is 1. The van der Waals surface area contributed by atoms with Crippen molar-refractivity contribution in [3.8, 4) is 0 Å². The molecule has 0 saturated heterocycles. The number of carboxylic acid groups (broad SMARTS) is 1. The molecule has 2 saturated carbocycles. The second-order valence-corrected chi connectivity index (χ2v) is 10.4. The van der Waals surface area contributed by atoms with E-state index in [-0.39, 0.29) is 29.1 Å². The van der Waals surface area contributed by atoms with E-state index in [0.29, 0.717) is 12.8 Å². The molecule has 3 N–H and O–H groups in total. The largest absolute Gasteiger partial charge is 0.481 e. The smallest absolute Gasteiger partial charge is 0.306 e. The van der Waals surface area contributed by atoms with Gasteiger partial charge >= 0.3 is 5.97 Å². The summed E-state index contributed by atoms with van der Waals surface area (Å²) in [4.78, 5) is 11.7. The lowest BCUT2D eigenvalue weighted by molar-refractivity contribution is -0.143. The molecule has 4 nitrogen and oxygen atoms in total. The van der Waals surface area contributed by atoms with Crippen molar-refractivity contribution >= 4 is 5.97 Å².